The zero-order chi connectivity index (χ0) is 13.0. The van der Waals surface area contributed by atoms with Gasteiger partial charge < -0.3 is 11.1 Å². The number of benzene rings is 1. The standard InChI is InChI=1S/C13H13BrN2OS/c14-12-5-9(8-18-12)7-16-11-4-2-1-3-10(11)6-13(15)17/h1-5,8,16H,6-7H2,(H2,15,17). The smallest absolute Gasteiger partial charge is 0.221 e. The number of hydrogen-bond donors (Lipinski definition) is 2. The van der Waals surface area contributed by atoms with Crippen molar-refractivity contribution in [3.8, 4) is 0 Å². The second kappa shape index (κ2) is 6.02. The molecule has 2 aromatic rings. The summed E-state index contributed by atoms with van der Waals surface area (Å²) in [4.78, 5) is 11.0. The number of carbonyl (C=O) groups excluding carboxylic acids is 1. The molecule has 0 aliphatic carbocycles. The van der Waals surface area contributed by atoms with Crippen LogP contribution in [0.1, 0.15) is 11.1 Å². The summed E-state index contributed by atoms with van der Waals surface area (Å²) in [5.41, 5.74) is 8.33. The molecule has 0 fully saturated rings. The predicted octanol–water partition coefficient (Wildman–Crippen LogP) is 3.15. The highest BCUT2D eigenvalue weighted by molar-refractivity contribution is 9.11. The lowest BCUT2D eigenvalue weighted by molar-refractivity contribution is -0.117. The largest absolute Gasteiger partial charge is 0.381 e. The zero-order valence-electron chi connectivity index (χ0n) is 9.65. The number of anilines is 1. The molecule has 2 rings (SSSR count). The highest BCUT2D eigenvalue weighted by Crippen LogP contribution is 2.22. The summed E-state index contributed by atoms with van der Waals surface area (Å²) in [6, 6.07) is 9.80. The molecule has 5 heteroatoms. The Labute approximate surface area is 118 Å². The number of para-hydroxylation sites is 1. The minimum atomic E-state index is -0.317. The molecule has 1 aromatic heterocycles. The number of nitrogens with two attached hydrogens (primary N) is 1. The Hall–Kier alpha value is -1.33. The van der Waals surface area contributed by atoms with Gasteiger partial charge in [0.25, 0.3) is 0 Å². The molecule has 0 radical (unpaired) electrons. The molecular formula is C13H13BrN2OS. The lowest BCUT2D eigenvalue weighted by atomic mass is 10.1. The topological polar surface area (TPSA) is 55.1 Å². The summed E-state index contributed by atoms with van der Waals surface area (Å²) in [6.45, 7) is 0.734. The maximum absolute atomic E-state index is 11.0. The van der Waals surface area contributed by atoms with Gasteiger partial charge in [-0.05, 0) is 44.6 Å². The number of primary amides is 1. The number of thiophene rings is 1. The van der Waals surface area contributed by atoms with Gasteiger partial charge in [-0.25, -0.2) is 0 Å². The van der Waals surface area contributed by atoms with Gasteiger partial charge in [0.15, 0.2) is 0 Å². The molecule has 3 N–H and O–H groups in total. The Balaban J connectivity index is 2.06. The fourth-order valence-electron chi connectivity index (χ4n) is 1.67. The van der Waals surface area contributed by atoms with Crippen LogP contribution in [-0.4, -0.2) is 5.91 Å². The van der Waals surface area contributed by atoms with Gasteiger partial charge in [0.1, 0.15) is 0 Å². The monoisotopic (exact) mass is 324 g/mol. The van der Waals surface area contributed by atoms with Crippen molar-refractivity contribution in [2.45, 2.75) is 13.0 Å². The normalized spacial score (nSPS) is 10.3. The van der Waals surface area contributed by atoms with Crippen molar-refractivity contribution in [1.29, 1.82) is 0 Å². The molecule has 18 heavy (non-hydrogen) atoms. The average Bonchev–Trinajstić information content (AvgIpc) is 2.73. The minimum Gasteiger partial charge on any atom is -0.381 e. The second-order valence-electron chi connectivity index (χ2n) is 3.91. The van der Waals surface area contributed by atoms with Crippen LogP contribution >= 0.6 is 27.3 Å². The third-order valence-corrected chi connectivity index (χ3v) is 4.04. The number of carbonyl (C=O) groups is 1. The van der Waals surface area contributed by atoms with Crippen molar-refractivity contribution in [3.63, 3.8) is 0 Å². The third kappa shape index (κ3) is 3.58. The van der Waals surface area contributed by atoms with Gasteiger partial charge >= 0.3 is 0 Å². The van der Waals surface area contributed by atoms with Gasteiger partial charge in [-0.2, -0.15) is 0 Å². The van der Waals surface area contributed by atoms with Crippen molar-refractivity contribution in [1.82, 2.24) is 0 Å². The maximum Gasteiger partial charge on any atom is 0.221 e. The van der Waals surface area contributed by atoms with Gasteiger partial charge in [-0.1, -0.05) is 18.2 Å². The fourth-order valence-corrected chi connectivity index (χ4v) is 2.88. The SMILES string of the molecule is NC(=O)Cc1ccccc1NCc1csc(Br)c1. The van der Waals surface area contributed by atoms with Crippen molar-refractivity contribution >= 4 is 38.9 Å². The first kappa shape index (κ1) is 13.1. The van der Waals surface area contributed by atoms with Gasteiger partial charge in [0.05, 0.1) is 10.2 Å². The Morgan fingerprint density at radius 1 is 1.39 bits per heavy atom. The molecule has 0 atom stereocenters. The van der Waals surface area contributed by atoms with Crippen LogP contribution in [0.25, 0.3) is 0 Å². The Morgan fingerprint density at radius 2 is 2.17 bits per heavy atom. The molecule has 0 spiro atoms. The number of nitrogens with one attached hydrogen (secondary N) is 1. The third-order valence-electron chi connectivity index (χ3n) is 2.49. The lowest BCUT2D eigenvalue weighted by Gasteiger charge is -2.10. The van der Waals surface area contributed by atoms with E-state index in [1.165, 1.54) is 5.56 Å². The van der Waals surface area contributed by atoms with Gasteiger partial charge in [0, 0.05) is 12.2 Å². The van der Waals surface area contributed by atoms with Gasteiger partial charge in [-0.15, -0.1) is 11.3 Å². The van der Waals surface area contributed by atoms with E-state index >= 15 is 0 Å². The quantitative estimate of drug-likeness (QED) is 0.887. The maximum atomic E-state index is 11.0. The molecule has 0 bridgehead atoms. The fraction of sp³-hybridized carbons (Fsp3) is 0.154. The van der Waals surface area contributed by atoms with E-state index in [1.54, 1.807) is 11.3 Å². The first-order valence-corrected chi connectivity index (χ1v) is 7.15. The molecule has 0 saturated carbocycles. The molecule has 0 aliphatic rings. The van der Waals surface area contributed by atoms with Crippen LogP contribution in [0.2, 0.25) is 0 Å². The first-order valence-electron chi connectivity index (χ1n) is 5.48. The van der Waals surface area contributed by atoms with Crippen LogP contribution in [0.4, 0.5) is 5.69 Å². The van der Waals surface area contributed by atoms with Gasteiger partial charge in [0.2, 0.25) is 5.91 Å². The highest BCUT2D eigenvalue weighted by Gasteiger charge is 2.05. The first-order chi connectivity index (χ1) is 8.65. The summed E-state index contributed by atoms with van der Waals surface area (Å²) in [5.74, 6) is -0.317. The second-order valence-corrected chi connectivity index (χ2v) is 6.20. The summed E-state index contributed by atoms with van der Waals surface area (Å²) < 4.78 is 1.12. The van der Waals surface area contributed by atoms with E-state index in [1.807, 2.05) is 24.3 Å². The van der Waals surface area contributed by atoms with Crippen LogP contribution < -0.4 is 11.1 Å². The molecule has 1 amide bonds. The molecule has 3 nitrogen and oxygen atoms in total. The highest BCUT2D eigenvalue weighted by atomic mass is 79.9. The van der Waals surface area contributed by atoms with Crippen molar-refractivity contribution in [3.05, 3.63) is 50.6 Å². The van der Waals surface area contributed by atoms with E-state index in [-0.39, 0.29) is 12.3 Å². The molecule has 94 valence electrons. The molecule has 0 saturated heterocycles. The van der Waals surface area contributed by atoms with E-state index < -0.39 is 0 Å². The molecule has 0 unspecified atom stereocenters. The van der Waals surface area contributed by atoms with Crippen LogP contribution in [0, 0.1) is 0 Å². The summed E-state index contributed by atoms with van der Waals surface area (Å²) in [6.07, 6.45) is 0.260. The molecule has 0 aliphatic heterocycles. The average molecular weight is 325 g/mol. The van der Waals surface area contributed by atoms with Crippen molar-refractivity contribution < 1.29 is 4.79 Å². The zero-order valence-corrected chi connectivity index (χ0v) is 12.1. The summed E-state index contributed by atoms with van der Waals surface area (Å²) in [7, 11) is 0. The van der Waals surface area contributed by atoms with Crippen molar-refractivity contribution in [2.24, 2.45) is 5.73 Å². The lowest BCUT2D eigenvalue weighted by Crippen LogP contribution is -2.15. The van der Waals surface area contributed by atoms with Crippen LogP contribution in [-0.2, 0) is 17.8 Å². The summed E-state index contributed by atoms with van der Waals surface area (Å²) in [5, 5.41) is 5.42. The Morgan fingerprint density at radius 3 is 2.83 bits per heavy atom. The Kier molecular flexibility index (Phi) is 4.38. The minimum absolute atomic E-state index is 0.260. The van der Waals surface area contributed by atoms with Crippen LogP contribution in [0.15, 0.2) is 39.5 Å². The molecular weight excluding hydrogens is 312 g/mol. The van der Waals surface area contributed by atoms with Crippen LogP contribution in [0.3, 0.4) is 0 Å². The van der Waals surface area contributed by atoms with Gasteiger partial charge in [-0.3, -0.25) is 4.79 Å². The number of rotatable bonds is 5. The number of halogens is 1. The molecule has 1 aromatic carbocycles. The summed E-state index contributed by atoms with van der Waals surface area (Å²) >= 11 is 5.09. The van der Waals surface area contributed by atoms with E-state index in [4.69, 9.17) is 5.73 Å². The number of amides is 1. The van der Waals surface area contributed by atoms with E-state index in [0.29, 0.717) is 0 Å². The van der Waals surface area contributed by atoms with E-state index in [2.05, 4.69) is 32.7 Å². The van der Waals surface area contributed by atoms with E-state index in [9.17, 15) is 4.79 Å². The Bertz CT molecular complexity index is 553. The van der Waals surface area contributed by atoms with Crippen LogP contribution in [0.5, 0.6) is 0 Å². The van der Waals surface area contributed by atoms with Crippen molar-refractivity contribution in [2.75, 3.05) is 5.32 Å². The predicted molar refractivity (Wildman–Crippen MR) is 78.7 cm³/mol. The molecule has 1 heterocycles. The van der Waals surface area contributed by atoms with E-state index in [0.717, 1.165) is 21.6 Å². The number of hydrogen-bond acceptors (Lipinski definition) is 3.